The minimum absolute atomic E-state index is 0.280. The number of pyridine rings is 1. The largest absolute Gasteiger partial charge is 0.370 e. The molecule has 1 saturated heterocycles. The Kier molecular flexibility index (Phi) is 3.55. The average Bonchev–Trinajstić information content (AvgIpc) is 2.37. The van der Waals surface area contributed by atoms with Crippen molar-refractivity contribution in [2.24, 2.45) is 11.8 Å². The Morgan fingerprint density at radius 3 is 2.60 bits per heavy atom. The van der Waals surface area contributed by atoms with Gasteiger partial charge in [-0.2, -0.15) is 5.26 Å². The van der Waals surface area contributed by atoms with Crippen LogP contribution < -0.4 is 5.32 Å². The second kappa shape index (κ2) is 5.02. The number of amides is 1. The van der Waals surface area contributed by atoms with Crippen molar-refractivity contribution < 1.29 is 14.7 Å². The number of nitrogens with zero attached hydrogens (tertiary/aromatic N) is 2. The number of ketones is 1. The van der Waals surface area contributed by atoms with Gasteiger partial charge in [-0.05, 0) is 31.5 Å². The van der Waals surface area contributed by atoms with Gasteiger partial charge in [-0.1, -0.05) is 0 Å². The van der Waals surface area contributed by atoms with Gasteiger partial charge in [-0.25, -0.2) is 0 Å². The quantitative estimate of drug-likeness (QED) is 0.809. The highest BCUT2D eigenvalue weighted by Crippen LogP contribution is 2.41. The van der Waals surface area contributed by atoms with Crippen LogP contribution in [-0.4, -0.2) is 27.5 Å². The van der Waals surface area contributed by atoms with E-state index in [0.29, 0.717) is 5.56 Å². The fraction of sp³-hybridized carbons (Fsp3) is 0.429. The summed E-state index contributed by atoms with van der Waals surface area (Å²) in [5.74, 6) is -3.45. The number of aromatic nitrogens is 1. The van der Waals surface area contributed by atoms with E-state index in [0.717, 1.165) is 0 Å². The van der Waals surface area contributed by atoms with E-state index in [4.69, 9.17) is 0 Å². The van der Waals surface area contributed by atoms with Crippen molar-refractivity contribution in [1.29, 1.82) is 5.26 Å². The molecule has 0 radical (unpaired) electrons. The molecule has 6 nitrogen and oxygen atoms in total. The highest BCUT2D eigenvalue weighted by atomic mass is 16.3. The molecule has 1 fully saturated rings. The summed E-state index contributed by atoms with van der Waals surface area (Å²) >= 11 is 0. The van der Waals surface area contributed by atoms with Crippen LogP contribution in [0.4, 0.5) is 0 Å². The summed E-state index contributed by atoms with van der Waals surface area (Å²) in [6.07, 6.45) is 3.06. The standard InChI is InChI=1S/C14H15N3O3/c1-8(18)12-11(9-3-5-16-6-4-9)10(7-15)13(19)17-14(12,2)20/h3-6,10-12,20H,1-2H3,(H,17,19). The van der Waals surface area contributed by atoms with Gasteiger partial charge in [0.05, 0.1) is 12.0 Å². The molecule has 1 amide bonds. The lowest BCUT2D eigenvalue weighted by atomic mass is 9.68. The van der Waals surface area contributed by atoms with Crippen LogP contribution in [0.3, 0.4) is 0 Å². The van der Waals surface area contributed by atoms with Crippen molar-refractivity contribution in [1.82, 2.24) is 10.3 Å². The number of hydrogen-bond acceptors (Lipinski definition) is 5. The highest BCUT2D eigenvalue weighted by molar-refractivity contribution is 5.89. The molecule has 4 unspecified atom stereocenters. The molecule has 2 heterocycles. The monoisotopic (exact) mass is 273 g/mol. The lowest BCUT2D eigenvalue weighted by Gasteiger charge is -2.43. The van der Waals surface area contributed by atoms with Crippen LogP contribution in [0.1, 0.15) is 25.3 Å². The Balaban J connectivity index is 2.58. The minimum atomic E-state index is -1.68. The number of carbonyl (C=O) groups is 2. The summed E-state index contributed by atoms with van der Waals surface area (Å²) in [5.41, 5.74) is -1.04. The zero-order valence-electron chi connectivity index (χ0n) is 11.2. The maximum absolute atomic E-state index is 12.0. The zero-order valence-corrected chi connectivity index (χ0v) is 11.2. The summed E-state index contributed by atoms with van der Waals surface area (Å²) in [6.45, 7) is 2.72. The molecule has 4 atom stereocenters. The van der Waals surface area contributed by atoms with Gasteiger partial charge >= 0.3 is 0 Å². The molecule has 0 aromatic carbocycles. The Bertz CT molecular complexity index is 577. The fourth-order valence-electron chi connectivity index (χ4n) is 2.87. The van der Waals surface area contributed by atoms with Crippen LogP contribution in [0, 0.1) is 23.2 Å². The van der Waals surface area contributed by atoms with Crippen molar-refractivity contribution in [2.75, 3.05) is 0 Å². The van der Waals surface area contributed by atoms with E-state index in [1.165, 1.54) is 26.2 Å². The third-order valence-electron chi connectivity index (χ3n) is 3.65. The van der Waals surface area contributed by atoms with Crippen LogP contribution >= 0.6 is 0 Å². The molecule has 0 bridgehead atoms. The molecular formula is C14H15N3O3. The third kappa shape index (κ3) is 2.28. The van der Waals surface area contributed by atoms with E-state index >= 15 is 0 Å². The summed E-state index contributed by atoms with van der Waals surface area (Å²) in [7, 11) is 0. The fourth-order valence-corrected chi connectivity index (χ4v) is 2.87. The Labute approximate surface area is 116 Å². The number of aliphatic hydroxyl groups is 1. The highest BCUT2D eigenvalue weighted by Gasteiger charge is 2.52. The van der Waals surface area contributed by atoms with E-state index < -0.39 is 29.4 Å². The van der Waals surface area contributed by atoms with E-state index in [1.807, 2.05) is 6.07 Å². The van der Waals surface area contributed by atoms with Crippen LogP contribution in [0.15, 0.2) is 24.5 Å². The smallest absolute Gasteiger partial charge is 0.240 e. The molecule has 20 heavy (non-hydrogen) atoms. The SMILES string of the molecule is CC(=O)C1C(c2ccncc2)C(C#N)C(=O)NC1(C)O. The lowest BCUT2D eigenvalue weighted by Crippen LogP contribution is -2.62. The molecule has 2 N–H and O–H groups in total. The first-order chi connectivity index (χ1) is 9.38. The number of hydrogen-bond donors (Lipinski definition) is 2. The van der Waals surface area contributed by atoms with Crippen LogP contribution in [-0.2, 0) is 9.59 Å². The predicted octanol–water partition coefficient (Wildman–Crippen LogP) is 0.348. The van der Waals surface area contributed by atoms with Gasteiger partial charge in [0, 0.05) is 18.3 Å². The molecule has 2 rings (SSSR count). The van der Waals surface area contributed by atoms with Gasteiger partial charge < -0.3 is 10.4 Å². The van der Waals surface area contributed by atoms with Gasteiger partial charge in [-0.15, -0.1) is 0 Å². The predicted molar refractivity (Wildman–Crippen MR) is 69.0 cm³/mol. The lowest BCUT2D eigenvalue weighted by molar-refractivity contribution is -0.152. The van der Waals surface area contributed by atoms with Crippen molar-refractivity contribution >= 4 is 11.7 Å². The summed E-state index contributed by atoms with van der Waals surface area (Å²) < 4.78 is 0. The van der Waals surface area contributed by atoms with Gasteiger partial charge in [0.2, 0.25) is 5.91 Å². The van der Waals surface area contributed by atoms with Gasteiger partial charge in [0.1, 0.15) is 17.4 Å². The molecule has 0 spiro atoms. The van der Waals surface area contributed by atoms with E-state index in [2.05, 4.69) is 10.3 Å². The second-order valence-electron chi connectivity index (χ2n) is 5.14. The van der Waals surface area contributed by atoms with Gasteiger partial charge in [0.25, 0.3) is 0 Å². The van der Waals surface area contributed by atoms with Crippen LogP contribution in [0.5, 0.6) is 0 Å². The number of nitriles is 1. The summed E-state index contributed by atoms with van der Waals surface area (Å²) in [4.78, 5) is 27.8. The molecule has 1 aliphatic heterocycles. The Morgan fingerprint density at radius 2 is 2.10 bits per heavy atom. The normalized spacial score (nSPS) is 33.1. The summed E-state index contributed by atoms with van der Waals surface area (Å²) in [6, 6.07) is 5.23. The van der Waals surface area contributed by atoms with Crippen molar-refractivity contribution in [3.63, 3.8) is 0 Å². The molecule has 1 aliphatic rings. The molecule has 1 aromatic rings. The van der Waals surface area contributed by atoms with E-state index in [9.17, 15) is 20.0 Å². The number of rotatable bonds is 2. The topological polar surface area (TPSA) is 103 Å². The van der Waals surface area contributed by atoms with Crippen LogP contribution in [0.25, 0.3) is 0 Å². The number of carbonyl (C=O) groups excluding carboxylic acids is 2. The first kappa shape index (κ1) is 14.2. The molecule has 6 heteroatoms. The number of nitrogens with one attached hydrogen (secondary N) is 1. The number of piperidine rings is 1. The van der Waals surface area contributed by atoms with Crippen LogP contribution in [0.2, 0.25) is 0 Å². The zero-order chi connectivity index (χ0) is 14.9. The van der Waals surface area contributed by atoms with Crippen molar-refractivity contribution in [3.8, 4) is 6.07 Å². The molecule has 104 valence electrons. The Hall–Kier alpha value is -2.26. The van der Waals surface area contributed by atoms with Gasteiger partial charge in [-0.3, -0.25) is 14.6 Å². The first-order valence-corrected chi connectivity index (χ1v) is 6.23. The molecular weight excluding hydrogens is 258 g/mol. The molecule has 0 aliphatic carbocycles. The molecule has 0 saturated carbocycles. The Morgan fingerprint density at radius 1 is 1.50 bits per heavy atom. The van der Waals surface area contributed by atoms with Gasteiger partial charge in [0.15, 0.2) is 0 Å². The van der Waals surface area contributed by atoms with Crippen molar-refractivity contribution in [3.05, 3.63) is 30.1 Å². The second-order valence-corrected chi connectivity index (χ2v) is 5.14. The van der Waals surface area contributed by atoms with E-state index in [1.54, 1.807) is 12.1 Å². The minimum Gasteiger partial charge on any atom is -0.370 e. The maximum Gasteiger partial charge on any atom is 0.240 e. The third-order valence-corrected chi connectivity index (χ3v) is 3.65. The molecule has 1 aromatic heterocycles. The first-order valence-electron chi connectivity index (χ1n) is 6.23. The maximum atomic E-state index is 12.0. The average molecular weight is 273 g/mol. The summed E-state index contributed by atoms with van der Waals surface area (Å²) in [5, 5.41) is 21.9. The number of Topliss-reactive ketones (excluding diaryl/α,β-unsaturated/α-hetero) is 1. The van der Waals surface area contributed by atoms with Crippen molar-refractivity contribution in [2.45, 2.75) is 25.5 Å². The van der Waals surface area contributed by atoms with E-state index in [-0.39, 0.29) is 5.78 Å².